The minimum Gasteiger partial charge on any atom is -0.354 e. The van der Waals surface area contributed by atoms with E-state index in [2.05, 4.69) is 62.1 Å². The number of piperazine rings is 1. The molecule has 0 unspecified atom stereocenters. The topological polar surface area (TPSA) is 53.0 Å². The van der Waals surface area contributed by atoms with Crippen molar-refractivity contribution in [3.63, 3.8) is 0 Å². The van der Waals surface area contributed by atoms with Gasteiger partial charge in [-0.25, -0.2) is 9.67 Å². The van der Waals surface area contributed by atoms with Crippen LogP contribution in [-0.4, -0.2) is 50.8 Å². The van der Waals surface area contributed by atoms with Crippen molar-refractivity contribution in [2.45, 2.75) is 20.0 Å². The molecular weight excluding hydrogens is 356 g/mol. The molecule has 1 aliphatic heterocycles. The number of hydrogen-bond acceptors (Lipinski definition) is 5. The molecule has 27 heavy (non-hydrogen) atoms. The molecule has 2 aromatic heterocycles. The van der Waals surface area contributed by atoms with Crippen molar-refractivity contribution in [3.05, 3.63) is 59.0 Å². The molecule has 1 aromatic carbocycles. The summed E-state index contributed by atoms with van der Waals surface area (Å²) in [6.45, 7) is 6.75. The van der Waals surface area contributed by atoms with Crippen molar-refractivity contribution >= 4 is 18.0 Å². The van der Waals surface area contributed by atoms with E-state index in [-0.39, 0.29) is 0 Å². The van der Waals surface area contributed by atoms with Gasteiger partial charge in [-0.15, -0.1) is 0 Å². The van der Waals surface area contributed by atoms with Gasteiger partial charge >= 0.3 is 0 Å². The largest absolute Gasteiger partial charge is 0.354 e. The zero-order valence-corrected chi connectivity index (χ0v) is 16.3. The number of H-pyrrole nitrogens is 1. The average Bonchev–Trinajstić information content (AvgIpc) is 3.09. The predicted octanol–water partition coefficient (Wildman–Crippen LogP) is 3.34. The monoisotopic (exact) mass is 380 g/mol. The van der Waals surface area contributed by atoms with Crippen LogP contribution in [0.2, 0.25) is 0 Å². The fourth-order valence-electron chi connectivity index (χ4n) is 3.34. The van der Waals surface area contributed by atoms with E-state index in [4.69, 9.17) is 12.2 Å². The predicted molar refractivity (Wildman–Crippen MR) is 110 cm³/mol. The highest BCUT2D eigenvalue weighted by Crippen LogP contribution is 2.17. The van der Waals surface area contributed by atoms with Crippen LogP contribution in [0.4, 0.5) is 5.82 Å². The van der Waals surface area contributed by atoms with E-state index >= 15 is 0 Å². The standard InChI is InChI=1S/C20H24N6S/c1-2-16-6-8-17(9-7-16)19-22-20(27)26(23-19)15-24-11-13-25(14-12-24)18-5-3-4-10-21-18/h3-10H,2,11-15H2,1H3,(H,22,23,27). The molecule has 1 fully saturated rings. The molecule has 7 heteroatoms. The second-order valence-corrected chi connectivity index (χ2v) is 7.13. The smallest absolute Gasteiger partial charge is 0.217 e. The maximum atomic E-state index is 5.46. The fourth-order valence-corrected chi connectivity index (χ4v) is 3.53. The van der Waals surface area contributed by atoms with E-state index in [1.165, 1.54) is 5.56 Å². The average molecular weight is 381 g/mol. The summed E-state index contributed by atoms with van der Waals surface area (Å²) in [7, 11) is 0. The van der Waals surface area contributed by atoms with E-state index in [9.17, 15) is 0 Å². The number of rotatable bonds is 5. The normalized spacial score (nSPS) is 15.2. The summed E-state index contributed by atoms with van der Waals surface area (Å²) >= 11 is 5.46. The van der Waals surface area contributed by atoms with Crippen LogP contribution in [0.1, 0.15) is 12.5 Å². The Hall–Kier alpha value is -2.51. The summed E-state index contributed by atoms with van der Waals surface area (Å²) in [5, 5.41) is 3.36. The number of hydrogen-bond donors (Lipinski definition) is 1. The maximum Gasteiger partial charge on any atom is 0.217 e. The van der Waals surface area contributed by atoms with E-state index in [0.717, 1.165) is 56.5 Å². The number of aryl methyl sites for hydroxylation is 1. The fraction of sp³-hybridized carbons (Fsp3) is 0.350. The van der Waals surface area contributed by atoms with Gasteiger partial charge in [0.15, 0.2) is 5.82 Å². The quantitative estimate of drug-likeness (QED) is 0.688. The zero-order chi connectivity index (χ0) is 18.6. The van der Waals surface area contributed by atoms with Crippen LogP contribution < -0.4 is 4.90 Å². The van der Waals surface area contributed by atoms with Gasteiger partial charge in [0.1, 0.15) is 5.82 Å². The first-order valence-electron chi connectivity index (χ1n) is 9.37. The highest BCUT2D eigenvalue weighted by molar-refractivity contribution is 7.71. The summed E-state index contributed by atoms with van der Waals surface area (Å²) in [4.78, 5) is 13.7. The van der Waals surface area contributed by atoms with Gasteiger partial charge in [-0.05, 0) is 36.3 Å². The number of nitrogens with one attached hydrogen (secondary N) is 1. The van der Waals surface area contributed by atoms with Crippen LogP contribution in [0.25, 0.3) is 11.4 Å². The van der Waals surface area contributed by atoms with Crippen LogP contribution in [0.15, 0.2) is 48.7 Å². The lowest BCUT2D eigenvalue weighted by molar-refractivity contribution is 0.194. The van der Waals surface area contributed by atoms with Gasteiger partial charge in [0.2, 0.25) is 4.77 Å². The van der Waals surface area contributed by atoms with Crippen LogP contribution in [0, 0.1) is 4.77 Å². The molecule has 4 rings (SSSR count). The number of benzene rings is 1. The van der Waals surface area contributed by atoms with Gasteiger partial charge in [0, 0.05) is 37.9 Å². The molecule has 0 bridgehead atoms. The third-order valence-electron chi connectivity index (χ3n) is 5.00. The molecule has 0 atom stereocenters. The second kappa shape index (κ2) is 8.02. The molecule has 0 amide bonds. The molecule has 6 nitrogen and oxygen atoms in total. The summed E-state index contributed by atoms with van der Waals surface area (Å²) in [5.74, 6) is 1.88. The molecule has 3 heterocycles. The van der Waals surface area contributed by atoms with Crippen LogP contribution in [-0.2, 0) is 13.1 Å². The van der Waals surface area contributed by atoms with Gasteiger partial charge < -0.3 is 4.90 Å². The number of aromatic nitrogens is 4. The van der Waals surface area contributed by atoms with Gasteiger partial charge in [-0.2, -0.15) is 4.98 Å². The maximum absolute atomic E-state index is 5.46. The summed E-state index contributed by atoms with van der Waals surface area (Å²) < 4.78 is 2.55. The molecule has 0 saturated carbocycles. The highest BCUT2D eigenvalue weighted by atomic mass is 32.1. The van der Waals surface area contributed by atoms with Gasteiger partial charge in [0.25, 0.3) is 0 Å². The number of nitrogens with zero attached hydrogens (tertiary/aromatic N) is 5. The Labute approximate surface area is 164 Å². The molecule has 0 aliphatic carbocycles. The van der Waals surface area contributed by atoms with Crippen LogP contribution >= 0.6 is 12.2 Å². The molecule has 1 aliphatic rings. The first kappa shape index (κ1) is 17.9. The van der Waals surface area contributed by atoms with Crippen molar-refractivity contribution in [1.29, 1.82) is 0 Å². The van der Waals surface area contributed by atoms with Crippen molar-refractivity contribution in [1.82, 2.24) is 24.6 Å². The van der Waals surface area contributed by atoms with E-state index in [1.807, 2.05) is 23.0 Å². The molecule has 0 spiro atoms. The Morgan fingerprint density at radius 2 is 1.81 bits per heavy atom. The molecule has 1 saturated heterocycles. The Balaban J connectivity index is 1.40. The van der Waals surface area contributed by atoms with Gasteiger partial charge in [0.05, 0.1) is 6.67 Å². The summed E-state index contributed by atoms with van der Waals surface area (Å²) in [6, 6.07) is 14.5. The van der Waals surface area contributed by atoms with Crippen molar-refractivity contribution < 1.29 is 0 Å². The molecule has 140 valence electrons. The Bertz CT molecular complexity index is 923. The minimum absolute atomic E-state index is 0.594. The van der Waals surface area contributed by atoms with E-state index in [1.54, 1.807) is 0 Å². The van der Waals surface area contributed by atoms with E-state index < -0.39 is 0 Å². The Morgan fingerprint density at radius 3 is 2.48 bits per heavy atom. The van der Waals surface area contributed by atoms with Crippen LogP contribution in [0.5, 0.6) is 0 Å². The Morgan fingerprint density at radius 1 is 1.04 bits per heavy atom. The van der Waals surface area contributed by atoms with Crippen molar-refractivity contribution in [3.8, 4) is 11.4 Å². The highest BCUT2D eigenvalue weighted by Gasteiger charge is 2.18. The molecule has 0 radical (unpaired) electrons. The zero-order valence-electron chi connectivity index (χ0n) is 15.5. The third kappa shape index (κ3) is 4.09. The lowest BCUT2D eigenvalue weighted by Crippen LogP contribution is -2.47. The first-order valence-corrected chi connectivity index (χ1v) is 9.78. The second-order valence-electron chi connectivity index (χ2n) is 6.77. The lowest BCUT2D eigenvalue weighted by atomic mass is 10.1. The molecule has 3 aromatic rings. The number of anilines is 1. The number of aromatic amines is 1. The summed E-state index contributed by atoms with van der Waals surface area (Å²) in [6.07, 6.45) is 2.88. The SMILES string of the molecule is CCc1ccc(-c2nc(=S)n(CN3CCN(c4ccccn4)CC3)[nH]2)cc1. The third-order valence-corrected chi connectivity index (χ3v) is 5.31. The molecular formula is C20H24N6S. The number of pyridine rings is 1. The van der Waals surface area contributed by atoms with Crippen molar-refractivity contribution in [2.75, 3.05) is 31.1 Å². The Kier molecular flexibility index (Phi) is 5.31. The van der Waals surface area contributed by atoms with E-state index in [0.29, 0.717) is 4.77 Å². The summed E-state index contributed by atoms with van der Waals surface area (Å²) in [5.41, 5.74) is 2.39. The van der Waals surface area contributed by atoms with Crippen LogP contribution in [0.3, 0.4) is 0 Å². The first-order chi connectivity index (χ1) is 13.2. The van der Waals surface area contributed by atoms with Gasteiger partial charge in [-0.1, -0.05) is 37.3 Å². The minimum atomic E-state index is 0.594. The van der Waals surface area contributed by atoms with Gasteiger partial charge in [-0.3, -0.25) is 10.00 Å². The molecule has 1 N–H and O–H groups in total. The van der Waals surface area contributed by atoms with Crippen molar-refractivity contribution in [2.24, 2.45) is 0 Å². The lowest BCUT2D eigenvalue weighted by Gasteiger charge is -2.35.